The molecule has 92 valence electrons. The van der Waals surface area contributed by atoms with E-state index in [1.54, 1.807) is 6.20 Å². The van der Waals surface area contributed by atoms with Crippen molar-refractivity contribution in [3.05, 3.63) is 54.2 Å². The molecule has 0 amide bonds. The standard InChI is InChI=1S/C14H10N4O/c15-8-12-14(17-6-5-16-12)18-9-11-7-10-3-1-2-4-13(10)19-11/h1-7H,9H2,(H,17,18). The molecule has 0 aliphatic rings. The van der Waals surface area contributed by atoms with E-state index in [1.807, 2.05) is 36.4 Å². The topological polar surface area (TPSA) is 74.7 Å². The van der Waals surface area contributed by atoms with E-state index < -0.39 is 0 Å². The highest BCUT2D eigenvalue weighted by Crippen LogP contribution is 2.19. The molecule has 1 aromatic carbocycles. The second-order valence-corrected chi connectivity index (χ2v) is 3.97. The molecule has 3 rings (SSSR count). The third-order valence-corrected chi connectivity index (χ3v) is 2.71. The van der Waals surface area contributed by atoms with Crippen LogP contribution in [0, 0.1) is 11.3 Å². The first-order chi connectivity index (χ1) is 9.36. The van der Waals surface area contributed by atoms with Crippen LogP contribution in [0.4, 0.5) is 5.82 Å². The van der Waals surface area contributed by atoms with Crippen LogP contribution in [0.3, 0.4) is 0 Å². The Bertz CT molecular complexity index is 724. The lowest BCUT2D eigenvalue weighted by atomic mass is 10.2. The number of aromatic nitrogens is 2. The average molecular weight is 250 g/mol. The molecule has 0 saturated carbocycles. The maximum Gasteiger partial charge on any atom is 0.182 e. The maximum atomic E-state index is 8.91. The van der Waals surface area contributed by atoms with Gasteiger partial charge in [-0.15, -0.1) is 0 Å². The van der Waals surface area contributed by atoms with Gasteiger partial charge in [-0.2, -0.15) is 5.26 Å². The number of anilines is 1. The lowest BCUT2D eigenvalue weighted by Crippen LogP contribution is -2.03. The number of nitriles is 1. The van der Waals surface area contributed by atoms with E-state index in [-0.39, 0.29) is 5.69 Å². The normalized spacial score (nSPS) is 10.3. The van der Waals surface area contributed by atoms with Crippen molar-refractivity contribution < 1.29 is 4.42 Å². The molecule has 2 aromatic heterocycles. The van der Waals surface area contributed by atoms with Gasteiger partial charge in [0.1, 0.15) is 17.4 Å². The lowest BCUT2D eigenvalue weighted by molar-refractivity contribution is 0.559. The number of hydrogen-bond donors (Lipinski definition) is 1. The van der Waals surface area contributed by atoms with Gasteiger partial charge in [0.05, 0.1) is 6.54 Å². The molecule has 5 heteroatoms. The number of hydrogen-bond acceptors (Lipinski definition) is 5. The van der Waals surface area contributed by atoms with E-state index in [0.717, 1.165) is 16.7 Å². The predicted molar refractivity (Wildman–Crippen MR) is 70.3 cm³/mol. The molecule has 0 aliphatic heterocycles. The van der Waals surface area contributed by atoms with E-state index in [9.17, 15) is 0 Å². The summed E-state index contributed by atoms with van der Waals surface area (Å²) in [6.07, 6.45) is 3.03. The van der Waals surface area contributed by atoms with Crippen molar-refractivity contribution in [2.45, 2.75) is 6.54 Å². The minimum absolute atomic E-state index is 0.276. The fraction of sp³-hybridized carbons (Fsp3) is 0.0714. The zero-order valence-corrected chi connectivity index (χ0v) is 10.00. The zero-order valence-electron chi connectivity index (χ0n) is 10.00. The maximum absolute atomic E-state index is 8.91. The second kappa shape index (κ2) is 4.78. The first kappa shape index (κ1) is 11.2. The summed E-state index contributed by atoms with van der Waals surface area (Å²) in [5, 5.41) is 13.0. The summed E-state index contributed by atoms with van der Waals surface area (Å²) < 4.78 is 5.67. The van der Waals surface area contributed by atoms with Crippen molar-refractivity contribution >= 4 is 16.8 Å². The van der Waals surface area contributed by atoms with E-state index in [2.05, 4.69) is 15.3 Å². The van der Waals surface area contributed by atoms with Crippen LogP contribution in [0.1, 0.15) is 11.5 Å². The van der Waals surface area contributed by atoms with Crippen LogP contribution in [0.5, 0.6) is 0 Å². The summed E-state index contributed by atoms with van der Waals surface area (Å²) in [7, 11) is 0. The molecule has 0 spiro atoms. The average Bonchev–Trinajstić information content (AvgIpc) is 2.88. The molecule has 3 aromatic rings. The Kier molecular flexibility index (Phi) is 2.83. The molecule has 5 nitrogen and oxygen atoms in total. The Morgan fingerprint density at radius 2 is 2.05 bits per heavy atom. The fourth-order valence-corrected chi connectivity index (χ4v) is 1.84. The van der Waals surface area contributed by atoms with Gasteiger partial charge in [0.15, 0.2) is 11.5 Å². The molecule has 0 radical (unpaired) electrons. The van der Waals surface area contributed by atoms with Crippen molar-refractivity contribution in [2.24, 2.45) is 0 Å². The third kappa shape index (κ3) is 2.24. The fourth-order valence-electron chi connectivity index (χ4n) is 1.84. The van der Waals surface area contributed by atoms with Gasteiger partial charge in [-0.05, 0) is 12.1 Å². The van der Waals surface area contributed by atoms with Gasteiger partial charge in [-0.1, -0.05) is 18.2 Å². The van der Waals surface area contributed by atoms with Crippen LogP contribution in [0.25, 0.3) is 11.0 Å². The van der Waals surface area contributed by atoms with E-state index in [1.165, 1.54) is 6.20 Å². The zero-order chi connectivity index (χ0) is 13.1. The summed E-state index contributed by atoms with van der Waals surface area (Å²) in [6.45, 7) is 0.460. The van der Waals surface area contributed by atoms with Gasteiger partial charge in [-0.25, -0.2) is 9.97 Å². The van der Waals surface area contributed by atoms with Crippen LogP contribution in [0.15, 0.2) is 47.1 Å². The second-order valence-electron chi connectivity index (χ2n) is 3.97. The molecule has 0 atom stereocenters. The highest BCUT2D eigenvalue weighted by Gasteiger charge is 2.06. The van der Waals surface area contributed by atoms with Crippen LogP contribution in [0.2, 0.25) is 0 Å². The molecular formula is C14H10N4O. The monoisotopic (exact) mass is 250 g/mol. The molecule has 0 fully saturated rings. The lowest BCUT2D eigenvalue weighted by Gasteiger charge is -2.03. The third-order valence-electron chi connectivity index (χ3n) is 2.71. The Morgan fingerprint density at radius 3 is 2.89 bits per heavy atom. The molecule has 0 aliphatic carbocycles. The largest absolute Gasteiger partial charge is 0.459 e. The number of fused-ring (bicyclic) bond motifs is 1. The molecule has 0 bridgehead atoms. The van der Waals surface area contributed by atoms with Gasteiger partial charge in [0.2, 0.25) is 0 Å². The van der Waals surface area contributed by atoms with E-state index >= 15 is 0 Å². The first-order valence-electron chi connectivity index (χ1n) is 5.79. The summed E-state index contributed by atoms with van der Waals surface area (Å²) in [5.74, 6) is 1.25. The van der Waals surface area contributed by atoms with Gasteiger partial charge in [0, 0.05) is 17.8 Å². The van der Waals surface area contributed by atoms with E-state index in [4.69, 9.17) is 9.68 Å². The molecular weight excluding hydrogens is 240 g/mol. The smallest absolute Gasteiger partial charge is 0.182 e. The molecule has 0 unspecified atom stereocenters. The summed E-state index contributed by atoms with van der Waals surface area (Å²) in [4.78, 5) is 8.02. The number of furan rings is 1. The summed E-state index contributed by atoms with van der Waals surface area (Å²) >= 11 is 0. The summed E-state index contributed by atoms with van der Waals surface area (Å²) in [6, 6.07) is 11.8. The van der Waals surface area contributed by atoms with Crippen LogP contribution in [-0.4, -0.2) is 9.97 Å². The number of para-hydroxylation sites is 1. The molecule has 2 heterocycles. The Morgan fingerprint density at radius 1 is 1.21 bits per heavy atom. The predicted octanol–water partition coefficient (Wildman–Crippen LogP) is 2.71. The minimum atomic E-state index is 0.276. The van der Waals surface area contributed by atoms with Gasteiger partial charge < -0.3 is 9.73 Å². The van der Waals surface area contributed by atoms with Crippen LogP contribution < -0.4 is 5.32 Å². The molecule has 1 N–H and O–H groups in total. The van der Waals surface area contributed by atoms with Crippen molar-refractivity contribution in [1.82, 2.24) is 9.97 Å². The van der Waals surface area contributed by atoms with Crippen molar-refractivity contribution in [3.63, 3.8) is 0 Å². The van der Waals surface area contributed by atoms with Crippen LogP contribution >= 0.6 is 0 Å². The Balaban J connectivity index is 1.81. The van der Waals surface area contributed by atoms with Crippen molar-refractivity contribution in [3.8, 4) is 6.07 Å². The highest BCUT2D eigenvalue weighted by atomic mass is 16.3. The van der Waals surface area contributed by atoms with Crippen molar-refractivity contribution in [2.75, 3.05) is 5.32 Å². The van der Waals surface area contributed by atoms with Gasteiger partial charge >= 0.3 is 0 Å². The first-order valence-corrected chi connectivity index (χ1v) is 5.79. The molecule has 0 saturated heterocycles. The number of rotatable bonds is 3. The summed E-state index contributed by atoms with van der Waals surface area (Å²) in [5.41, 5.74) is 1.12. The Labute approximate surface area is 109 Å². The number of nitrogens with one attached hydrogen (secondary N) is 1. The minimum Gasteiger partial charge on any atom is -0.459 e. The highest BCUT2D eigenvalue weighted by molar-refractivity contribution is 5.77. The number of benzene rings is 1. The van der Waals surface area contributed by atoms with E-state index in [0.29, 0.717) is 12.4 Å². The van der Waals surface area contributed by atoms with Gasteiger partial charge in [-0.3, -0.25) is 0 Å². The van der Waals surface area contributed by atoms with Crippen molar-refractivity contribution in [1.29, 1.82) is 5.26 Å². The Hall–Kier alpha value is -2.87. The van der Waals surface area contributed by atoms with Crippen LogP contribution in [-0.2, 0) is 6.54 Å². The SMILES string of the molecule is N#Cc1nccnc1NCc1cc2ccccc2o1. The van der Waals surface area contributed by atoms with Gasteiger partial charge in [0.25, 0.3) is 0 Å². The molecule has 19 heavy (non-hydrogen) atoms. The number of nitrogens with zero attached hydrogens (tertiary/aromatic N) is 3. The quantitative estimate of drug-likeness (QED) is 0.773.